The Morgan fingerprint density at radius 3 is 2.85 bits per heavy atom. The smallest absolute Gasteiger partial charge is 0.242 e. The minimum atomic E-state index is -3.60. The maximum Gasteiger partial charge on any atom is 0.242 e. The first kappa shape index (κ1) is 14.9. The van der Waals surface area contributed by atoms with Crippen molar-refractivity contribution < 1.29 is 13.2 Å². The van der Waals surface area contributed by atoms with Crippen LogP contribution in [0.5, 0.6) is 0 Å². The van der Waals surface area contributed by atoms with Crippen molar-refractivity contribution in [3.63, 3.8) is 0 Å². The minimum absolute atomic E-state index is 0.185. The fraction of sp³-hybridized carbons (Fsp3) is 0.357. The fourth-order valence-corrected chi connectivity index (χ4v) is 3.14. The molecule has 0 aliphatic carbocycles. The predicted molar refractivity (Wildman–Crippen MR) is 78.1 cm³/mol. The van der Waals surface area contributed by atoms with Crippen molar-refractivity contribution in [2.24, 2.45) is 0 Å². The van der Waals surface area contributed by atoms with E-state index in [1.165, 1.54) is 0 Å². The molecule has 2 aromatic rings. The van der Waals surface area contributed by atoms with E-state index < -0.39 is 10.0 Å². The highest BCUT2D eigenvalue weighted by Crippen LogP contribution is 2.21. The lowest BCUT2D eigenvalue weighted by atomic mass is 10.2. The van der Waals surface area contributed by atoms with Crippen LogP contribution in [0.1, 0.15) is 12.5 Å². The number of hydrogen-bond donors (Lipinski definition) is 1. The number of aryl methyl sites for hydroxylation is 1. The van der Waals surface area contributed by atoms with E-state index in [4.69, 9.17) is 4.74 Å². The van der Waals surface area contributed by atoms with Crippen LogP contribution in [-0.4, -0.2) is 33.2 Å². The molecule has 1 aromatic heterocycles. The zero-order valence-electron chi connectivity index (χ0n) is 11.8. The van der Waals surface area contributed by atoms with Crippen LogP contribution in [0.15, 0.2) is 35.4 Å². The van der Waals surface area contributed by atoms with Gasteiger partial charge in [-0.1, -0.05) is 12.1 Å². The zero-order chi connectivity index (χ0) is 14.8. The van der Waals surface area contributed by atoms with Gasteiger partial charge in [-0.2, -0.15) is 0 Å². The summed E-state index contributed by atoms with van der Waals surface area (Å²) in [6.45, 7) is 3.94. The molecule has 1 atom stereocenters. The molecule has 0 aliphatic heterocycles. The summed E-state index contributed by atoms with van der Waals surface area (Å²) in [6, 6.07) is 7.05. The van der Waals surface area contributed by atoms with Crippen LogP contribution in [0.4, 0.5) is 0 Å². The van der Waals surface area contributed by atoms with E-state index in [1.807, 2.05) is 19.1 Å². The molecule has 0 aliphatic rings. The molecule has 1 heterocycles. The third kappa shape index (κ3) is 3.15. The molecule has 1 unspecified atom stereocenters. The van der Waals surface area contributed by atoms with Crippen LogP contribution in [0.3, 0.4) is 0 Å². The zero-order valence-corrected chi connectivity index (χ0v) is 12.6. The average Bonchev–Trinajstić information content (AvgIpc) is 2.43. The lowest BCUT2D eigenvalue weighted by molar-refractivity contribution is 0.122. The van der Waals surface area contributed by atoms with Crippen LogP contribution in [-0.2, 0) is 14.8 Å². The number of aromatic nitrogens is 1. The quantitative estimate of drug-likeness (QED) is 0.914. The molecule has 6 heteroatoms. The average molecular weight is 294 g/mol. The Kier molecular flexibility index (Phi) is 4.37. The molecular formula is C14H18N2O3S. The van der Waals surface area contributed by atoms with Crippen molar-refractivity contribution in [2.75, 3.05) is 13.7 Å². The number of ether oxygens (including phenoxy) is 1. The van der Waals surface area contributed by atoms with E-state index >= 15 is 0 Å². The molecule has 5 nitrogen and oxygen atoms in total. The fourth-order valence-electron chi connectivity index (χ4n) is 1.85. The first-order chi connectivity index (χ1) is 9.44. The van der Waals surface area contributed by atoms with Crippen molar-refractivity contribution in [1.82, 2.24) is 9.71 Å². The van der Waals surface area contributed by atoms with Crippen LogP contribution >= 0.6 is 0 Å². The molecule has 0 spiro atoms. The molecule has 0 fully saturated rings. The maximum absolute atomic E-state index is 12.3. The highest BCUT2D eigenvalue weighted by atomic mass is 32.2. The summed E-state index contributed by atoms with van der Waals surface area (Å²) in [5, 5.41) is 0.813. The summed E-state index contributed by atoms with van der Waals surface area (Å²) >= 11 is 0. The molecule has 0 saturated carbocycles. The number of fused-ring (bicyclic) bond motifs is 1. The molecule has 108 valence electrons. The highest BCUT2D eigenvalue weighted by molar-refractivity contribution is 7.89. The number of benzene rings is 1. The third-order valence-corrected chi connectivity index (χ3v) is 4.52. The van der Waals surface area contributed by atoms with Gasteiger partial charge < -0.3 is 4.74 Å². The van der Waals surface area contributed by atoms with Gasteiger partial charge in [-0.25, -0.2) is 13.1 Å². The summed E-state index contributed by atoms with van der Waals surface area (Å²) in [4.78, 5) is 4.44. The molecular weight excluding hydrogens is 276 g/mol. The number of methoxy groups -OCH3 is 1. The number of rotatable bonds is 5. The van der Waals surface area contributed by atoms with E-state index in [0.29, 0.717) is 5.52 Å². The number of sulfonamides is 1. The second kappa shape index (κ2) is 5.87. The standard InChI is InChI=1S/C14H18N2O3S/c1-10-7-12-5-4-6-13(14(12)15-8-10)20(17,18)16-9-11(2)19-3/h4-8,11,16H,9H2,1-3H3. The molecule has 20 heavy (non-hydrogen) atoms. The first-order valence-corrected chi connectivity index (χ1v) is 7.80. The summed E-state index contributed by atoms with van der Waals surface area (Å²) in [5.74, 6) is 0. The first-order valence-electron chi connectivity index (χ1n) is 6.32. The highest BCUT2D eigenvalue weighted by Gasteiger charge is 2.18. The Labute approximate surface area is 119 Å². The Morgan fingerprint density at radius 1 is 1.40 bits per heavy atom. The van der Waals surface area contributed by atoms with E-state index in [9.17, 15) is 8.42 Å². The van der Waals surface area contributed by atoms with E-state index in [0.717, 1.165) is 10.9 Å². The van der Waals surface area contributed by atoms with Gasteiger partial charge in [0.2, 0.25) is 10.0 Å². The van der Waals surface area contributed by atoms with Gasteiger partial charge in [0.25, 0.3) is 0 Å². The van der Waals surface area contributed by atoms with Crippen molar-refractivity contribution in [3.8, 4) is 0 Å². The Hall–Kier alpha value is -1.50. The second-order valence-electron chi connectivity index (χ2n) is 4.74. The van der Waals surface area contributed by atoms with Gasteiger partial charge in [0.1, 0.15) is 4.90 Å². The molecule has 1 N–H and O–H groups in total. The van der Waals surface area contributed by atoms with Gasteiger partial charge >= 0.3 is 0 Å². The van der Waals surface area contributed by atoms with Crippen LogP contribution in [0.25, 0.3) is 10.9 Å². The molecule has 1 aromatic carbocycles. The second-order valence-corrected chi connectivity index (χ2v) is 6.47. The van der Waals surface area contributed by atoms with Crippen molar-refractivity contribution in [1.29, 1.82) is 0 Å². The molecule has 0 saturated heterocycles. The van der Waals surface area contributed by atoms with Gasteiger partial charge in [0.15, 0.2) is 0 Å². The topological polar surface area (TPSA) is 68.3 Å². The molecule has 0 bridgehead atoms. The Balaban J connectivity index is 2.41. The molecule has 0 radical (unpaired) electrons. The Bertz CT molecular complexity index is 713. The van der Waals surface area contributed by atoms with Crippen molar-refractivity contribution in [2.45, 2.75) is 24.8 Å². The van der Waals surface area contributed by atoms with Gasteiger partial charge in [-0.05, 0) is 31.5 Å². The van der Waals surface area contributed by atoms with Gasteiger partial charge in [-0.3, -0.25) is 4.98 Å². The molecule has 2 rings (SSSR count). The number of hydrogen-bond acceptors (Lipinski definition) is 4. The van der Waals surface area contributed by atoms with Crippen LogP contribution < -0.4 is 4.72 Å². The van der Waals surface area contributed by atoms with Crippen LogP contribution in [0.2, 0.25) is 0 Å². The normalized spacial score (nSPS) is 13.6. The van der Waals surface area contributed by atoms with E-state index in [2.05, 4.69) is 9.71 Å². The number of para-hydroxylation sites is 1. The van der Waals surface area contributed by atoms with E-state index in [-0.39, 0.29) is 17.5 Å². The summed E-state index contributed by atoms with van der Waals surface area (Å²) < 4.78 is 32.3. The number of pyridine rings is 1. The largest absolute Gasteiger partial charge is 0.380 e. The summed E-state index contributed by atoms with van der Waals surface area (Å²) in [7, 11) is -2.05. The number of nitrogens with one attached hydrogen (secondary N) is 1. The van der Waals surface area contributed by atoms with Crippen molar-refractivity contribution in [3.05, 3.63) is 36.0 Å². The lowest BCUT2D eigenvalue weighted by Crippen LogP contribution is -2.31. The lowest BCUT2D eigenvalue weighted by Gasteiger charge is -2.12. The van der Waals surface area contributed by atoms with Gasteiger partial charge in [0, 0.05) is 25.2 Å². The third-order valence-electron chi connectivity index (χ3n) is 3.06. The van der Waals surface area contributed by atoms with Gasteiger partial charge in [0.05, 0.1) is 11.6 Å². The van der Waals surface area contributed by atoms with Gasteiger partial charge in [-0.15, -0.1) is 0 Å². The van der Waals surface area contributed by atoms with Crippen LogP contribution in [0, 0.1) is 6.92 Å². The maximum atomic E-state index is 12.3. The number of nitrogens with zero attached hydrogens (tertiary/aromatic N) is 1. The SMILES string of the molecule is COC(C)CNS(=O)(=O)c1cccc2cc(C)cnc12. The monoisotopic (exact) mass is 294 g/mol. The predicted octanol–water partition coefficient (Wildman–Crippen LogP) is 1.86. The Morgan fingerprint density at radius 2 is 2.15 bits per heavy atom. The minimum Gasteiger partial charge on any atom is -0.380 e. The summed E-state index contributed by atoms with van der Waals surface area (Å²) in [6.07, 6.45) is 1.48. The van der Waals surface area contributed by atoms with E-state index in [1.54, 1.807) is 32.4 Å². The van der Waals surface area contributed by atoms with Crippen molar-refractivity contribution >= 4 is 20.9 Å². The molecule has 0 amide bonds. The summed E-state index contributed by atoms with van der Waals surface area (Å²) in [5.41, 5.74) is 1.48.